The molecule has 1 saturated heterocycles. The van der Waals surface area contributed by atoms with Crippen molar-refractivity contribution >= 4 is 5.91 Å². The van der Waals surface area contributed by atoms with E-state index in [2.05, 4.69) is 66.4 Å². The van der Waals surface area contributed by atoms with Gasteiger partial charge in [-0.25, -0.2) is 0 Å². The van der Waals surface area contributed by atoms with Crippen LogP contribution in [0.25, 0.3) is 0 Å². The number of carbonyl (C=O) groups is 1. The summed E-state index contributed by atoms with van der Waals surface area (Å²) in [6.45, 7) is 7.42. The fourth-order valence-corrected chi connectivity index (χ4v) is 4.75. The van der Waals surface area contributed by atoms with E-state index in [1.165, 1.54) is 23.2 Å². The highest BCUT2D eigenvalue weighted by atomic mass is 16.2. The lowest BCUT2D eigenvalue weighted by atomic mass is 9.92. The summed E-state index contributed by atoms with van der Waals surface area (Å²) in [6, 6.07) is 19.4. The molecule has 2 aliphatic rings. The molecular formula is C24H31N2O+. The van der Waals surface area contributed by atoms with Crippen LogP contribution in [0, 0.1) is 5.92 Å². The van der Waals surface area contributed by atoms with Crippen LogP contribution < -0.4 is 4.90 Å². The zero-order valence-corrected chi connectivity index (χ0v) is 16.4. The standard InChI is InChI=1S/C24H30N2O/c1-19(20-7-3-2-4-8-20)17-25-14-11-22(12-15-25)24(27)26-16-13-21-9-5-6-10-23(21)18-26/h2-10,19,22H,11-18H2,1H3/p+1/t19-/m1/s1. The first-order valence-electron chi connectivity index (χ1n) is 10.4. The molecule has 0 bridgehead atoms. The van der Waals surface area contributed by atoms with Gasteiger partial charge >= 0.3 is 0 Å². The van der Waals surface area contributed by atoms with Crippen molar-refractivity contribution in [2.24, 2.45) is 5.92 Å². The second kappa shape index (κ2) is 8.26. The molecule has 0 radical (unpaired) electrons. The van der Waals surface area contributed by atoms with Crippen molar-refractivity contribution in [1.82, 2.24) is 4.90 Å². The Morgan fingerprint density at radius 3 is 2.44 bits per heavy atom. The van der Waals surface area contributed by atoms with Gasteiger partial charge in [-0.15, -0.1) is 0 Å². The summed E-state index contributed by atoms with van der Waals surface area (Å²) in [6.07, 6.45) is 3.07. The second-order valence-electron chi connectivity index (χ2n) is 8.32. The Morgan fingerprint density at radius 2 is 1.70 bits per heavy atom. The number of hydrogen-bond acceptors (Lipinski definition) is 1. The summed E-state index contributed by atoms with van der Waals surface area (Å²) >= 11 is 0. The minimum absolute atomic E-state index is 0.228. The third-order valence-corrected chi connectivity index (χ3v) is 6.45. The van der Waals surface area contributed by atoms with Gasteiger partial charge in [0.1, 0.15) is 0 Å². The minimum atomic E-state index is 0.228. The quantitative estimate of drug-likeness (QED) is 0.888. The fourth-order valence-electron chi connectivity index (χ4n) is 4.75. The first-order chi connectivity index (χ1) is 13.2. The summed E-state index contributed by atoms with van der Waals surface area (Å²) in [5.74, 6) is 1.19. The smallest absolute Gasteiger partial charge is 0.226 e. The van der Waals surface area contributed by atoms with Crippen LogP contribution in [0.5, 0.6) is 0 Å². The molecule has 3 heteroatoms. The van der Waals surface area contributed by atoms with E-state index in [9.17, 15) is 4.79 Å². The molecule has 1 amide bonds. The van der Waals surface area contributed by atoms with E-state index in [0.29, 0.717) is 11.8 Å². The highest BCUT2D eigenvalue weighted by Crippen LogP contribution is 2.22. The number of likely N-dealkylation sites (tertiary alicyclic amines) is 1. The minimum Gasteiger partial charge on any atom is -0.338 e. The Kier molecular flexibility index (Phi) is 5.58. The topological polar surface area (TPSA) is 24.8 Å². The van der Waals surface area contributed by atoms with E-state index in [-0.39, 0.29) is 5.92 Å². The Hall–Kier alpha value is -2.13. The van der Waals surface area contributed by atoms with E-state index in [0.717, 1.165) is 45.4 Å². The number of carbonyl (C=O) groups excluding carboxylic acids is 1. The summed E-state index contributed by atoms with van der Waals surface area (Å²) < 4.78 is 0. The number of rotatable bonds is 4. The molecule has 0 aliphatic carbocycles. The molecule has 4 rings (SSSR count). The van der Waals surface area contributed by atoms with E-state index >= 15 is 0 Å². The Bertz CT molecular complexity index is 765. The molecule has 1 fully saturated rings. The van der Waals surface area contributed by atoms with Gasteiger partial charge in [-0.1, -0.05) is 61.5 Å². The SMILES string of the molecule is C[C@H](C[NH+]1CCC(C(=O)N2CCc3ccccc3C2)CC1)c1ccccc1. The zero-order valence-electron chi connectivity index (χ0n) is 16.4. The predicted octanol–water partition coefficient (Wildman–Crippen LogP) is 2.67. The van der Waals surface area contributed by atoms with E-state index in [1.807, 2.05) is 0 Å². The highest BCUT2D eigenvalue weighted by molar-refractivity contribution is 5.79. The van der Waals surface area contributed by atoms with Crippen LogP contribution in [-0.4, -0.2) is 37.0 Å². The molecule has 0 aromatic heterocycles. The van der Waals surface area contributed by atoms with Gasteiger partial charge in [0, 0.05) is 37.8 Å². The number of piperidine rings is 1. The number of amides is 1. The molecule has 27 heavy (non-hydrogen) atoms. The first-order valence-corrected chi connectivity index (χ1v) is 10.4. The average Bonchev–Trinajstić information content (AvgIpc) is 2.74. The largest absolute Gasteiger partial charge is 0.338 e. The molecular weight excluding hydrogens is 332 g/mol. The zero-order chi connectivity index (χ0) is 18.6. The number of fused-ring (bicyclic) bond motifs is 1. The lowest BCUT2D eigenvalue weighted by molar-refractivity contribution is -0.907. The third kappa shape index (κ3) is 4.24. The van der Waals surface area contributed by atoms with Crippen LogP contribution >= 0.6 is 0 Å². The molecule has 142 valence electrons. The number of benzene rings is 2. The highest BCUT2D eigenvalue weighted by Gasteiger charge is 2.32. The molecule has 2 heterocycles. The van der Waals surface area contributed by atoms with Crippen LogP contribution in [0.3, 0.4) is 0 Å². The van der Waals surface area contributed by atoms with Gasteiger partial charge in [-0.05, 0) is 23.1 Å². The van der Waals surface area contributed by atoms with Gasteiger partial charge in [0.15, 0.2) is 0 Å². The maximum absolute atomic E-state index is 13.0. The van der Waals surface area contributed by atoms with Crippen molar-refractivity contribution in [2.45, 2.75) is 38.6 Å². The van der Waals surface area contributed by atoms with Gasteiger partial charge in [0.05, 0.1) is 19.6 Å². The number of nitrogens with zero attached hydrogens (tertiary/aromatic N) is 1. The lowest BCUT2D eigenvalue weighted by Crippen LogP contribution is -3.13. The van der Waals surface area contributed by atoms with Crippen LogP contribution in [0.15, 0.2) is 54.6 Å². The van der Waals surface area contributed by atoms with Crippen LogP contribution in [-0.2, 0) is 17.8 Å². The summed E-state index contributed by atoms with van der Waals surface area (Å²) in [5.41, 5.74) is 4.17. The van der Waals surface area contributed by atoms with Crippen molar-refractivity contribution < 1.29 is 9.69 Å². The number of quaternary nitrogens is 1. The molecule has 2 aromatic rings. The monoisotopic (exact) mass is 363 g/mol. The average molecular weight is 364 g/mol. The molecule has 1 N–H and O–H groups in total. The molecule has 2 aliphatic heterocycles. The molecule has 0 saturated carbocycles. The molecule has 0 spiro atoms. The molecule has 1 atom stereocenters. The van der Waals surface area contributed by atoms with E-state index < -0.39 is 0 Å². The normalized spacial score (nSPS) is 23.5. The second-order valence-corrected chi connectivity index (χ2v) is 8.32. The Balaban J connectivity index is 1.28. The molecule has 0 unspecified atom stereocenters. The Labute approximate surface area is 163 Å². The third-order valence-electron chi connectivity index (χ3n) is 6.45. The summed E-state index contributed by atoms with van der Waals surface area (Å²) in [7, 11) is 0. The van der Waals surface area contributed by atoms with Crippen LogP contribution in [0.4, 0.5) is 0 Å². The molecule has 2 aromatic carbocycles. The fraction of sp³-hybridized carbons (Fsp3) is 0.458. The number of nitrogens with one attached hydrogen (secondary N) is 1. The maximum atomic E-state index is 13.0. The number of hydrogen-bond donors (Lipinski definition) is 1. The summed E-state index contributed by atoms with van der Waals surface area (Å²) in [4.78, 5) is 16.8. The lowest BCUT2D eigenvalue weighted by Gasteiger charge is -2.35. The van der Waals surface area contributed by atoms with Gasteiger partial charge in [0.2, 0.25) is 5.91 Å². The van der Waals surface area contributed by atoms with Crippen molar-refractivity contribution in [3.8, 4) is 0 Å². The maximum Gasteiger partial charge on any atom is 0.226 e. The van der Waals surface area contributed by atoms with Crippen molar-refractivity contribution in [3.05, 3.63) is 71.3 Å². The van der Waals surface area contributed by atoms with Crippen molar-refractivity contribution in [2.75, 3.05) is 26.2 Å². The van der Waals surface area contributed by atoms with Gasteiger partial charge in [0.25, 0.3) is 0 Å². The molecule has 3 nitrogen and oxygen atoms in total. The van der Waals surface area contributed by atoms with Crippen molar-refractivity contribution in [1.29, 1.82) is 0 Å². The predicted molar refractivity (Wildman–Crippen MR) is 109 cm³/mol. The van der Waals surface area contributed by atoms with Crippen molar-refractivity contribution in [3.63, 3.8) is 0 Å². The van der Waals surface area contributed by atoms with Crippen LogP contribution in [0.2, 0.25) is 0 Å². The van der Waals surface area contributed by atoms with Gasteiger partial charge in [-0.2, -0.15) is 0 Å². The summed E-state index contributed by atoms with van der Waals surface area (Å²) in [5, 5.41) is 0. The van der Waals surface area contributed by atoms with Crippen LogP contribution in [0.1, 0.15) is 42.4 Å². The van der Waals surface area contributed by atoms with E-state index in [4.69, 9.17) is 0 Å². The first kappa shape index (κ1) is 18.2. The van der Waals surface area contributed by atoms with Gasteiger partial charge < -0.3 is 9.80 Å². The van der Waals surface area contributed by atoms with Gasteiger partial charge in [-0.3, -0.25) is 4.79 Å². The Morgan fingerprint density at radius 1 is 1.04 bits per heavy atom. The van der Waals surface area contributed by atoms with E-state index in [1.54, 1.807) is 4.90 Å².